The summed E-state index contributed by atoms with van der Waals surface area (Å²) in [5.74, 6) is 1.82. The molecule has 25 heavy (non-hydrogen) atoms. The first kappa shape index (κ1) is 18.8. The third kappa shape index (κ3) is 5.82. The van der Waals surface area contributed by atoms with Gasteiger partial charge in [0.1, 0.15) is 18.1 Å². The number of rotatable bonds is 8. The lowest BCUT2D eigenvalue weighted by Gasteiger charge is -2.16. The molecule has 1 atom stereocenters. The lowest BCUT2D eigenvalue weighted by molar-refractivity contribution is -0.127. The van der Waals surface area contributed by atoms with E-state index in [1.807, 2.05) is 49.4 Å². The molecule has 1 amide bonds. The molecular formula is C21H27NO3. The molecule has 2 rings (SSSR count). The Balaban J connectivity index is 1.77. The quantitative estimate of drug-likeness (QED) is 0.736. The minimum atomic E-state index is -0.551. The Morgan fingerprint density at radius 3 is 2.56 bits per heavy atom. The van der Waals surface area contributed by atoms with Crippen molar-refractivity contribution < 1.29 is 14.3 Å². The van der Waals surface area contributed by atoms with Crippen LogP contribution in [0.15, 0.2) is 48.5 Å². The molecule has 0 saturated heterocycles. The van der Waals surface area contributed by atoms with Crippen molar-refractivity contribution in [2.75, 3.05) is 13.2 Å². The lowest BCUT2D eigenvalue weighted by Crippen LogP contribution is -2.38. The molecule has 4 heteroatoms. The van der Waals surface area contributed by atoms with Crippen LogP contribution < -0.4 is 14.8 Å². The van der Waals surface area contributed by atoms with Gasteiger partial charge in [-0.05, 0) is 49.1 Å². The zero-order valence-corrected chi connectivity index (χ0v) is 15.4. The number of carbonyl (C=O) groups excluding carboxylic acids is 1. The average Bonchev–Trinajstić information content (AvgIpc) is 2.58. The highest BCUT2D eigenvalue weighted by Crippen LogP contribution is 2.25. The van der Waals surface area contributed by atoms with Crippen LogP contribution >= 0.6 is 0 Å². The number of carbonyl (C=O) groups is 1. The minimum absolute atomic E-state index is 0.151. The molecule has 1 N–H and O–H groups in total. The van der Waals surface area contributed by atoms with Crippen LogP contribution in [0.5, 0.6) is 11.5 Å². The second-order valence-corrected chi connectivity index (χ2v) is 6.41. The molecule has 0 spiro atoms. The predicted octanol–water partition coefficient (Wildman–Crippen LogP) is 4.08. The van der Waals surface area contributed by atoms with Gasteiger partial charge in [0.05, 0.1) is 6.54 Å². The van der Waals surface area contributed by atoms with Crippen LogP contribution in [0.3, 0.4) is 0 Å². The number of ether oxygens (including phenoxy) is 2. The van der Waals surface area contributed by atoms with Gasteiger partial charge < -0.3 is 14.8 Å². The monoisotopic (exact) mass is 341 g/mol. The minimum Gasteiger partial charge on any atom is -0.491 e. The van der Waals surface area contributed by atoms with Gasteiger partial charge >= 0.3 is 0 Å². The van der Waals surface area contributed by atoms with Crippen LogP contribution in [0.4, 0.5) is 0 Å². The van der Waals surface area contributed by atoms with E-state index in [1.165, 1.54) is 5.56 Å². The molecule has 0 aliphatic heterocycles. The van der Waals surface area contributed by atoms with Crippen LogP contribution in [-0.4, -0.2) is 25.2 Å². The van der Waals surface area contributed by atoms with Crippen molar-refractivity contribution in [2.24, 2.45) is 0 Å². The highest BCUT2D eigenvalue weighted by Gasteiger charge is 2.14. The van der Waals surface area contributed by atoms with E-state index >= 15 is 0 Å². The van der Waals surface area contributed by atoms with E-state index < -0.39 is 6.10 Å². The number of para-hydroxylation sites is 1. The van der Waals surface area contributed by atoms with Crippen LogP contribution in [-0.2, 0) is 4.79 Å². The van der Waals surface area contributed by atoms with E-state index in [2.05, 4.69) is 25.2 Å². The molecule has 0 fully saturated rings. The maximum absolute atomic E-state index is 12.1. The van der Waals surface area contributed by atoms with Crippen molar-refractivity contribution in [3.8, 4) is 11.5 Å². The Bertz CT molecular complexity index is 697. The molecule has 2 aromatic rings. The third-order valence-corrected chi connectivity index (χ3v) is 3.87. The fourth-order valence-electron chi connectivity index (χ4n) is 2.51. The Labute approximate surface area is 150 Å². The number of amides is 1. The zero-order chi connectivity index (χ0) is 18.2. The van der Waals surface area contributed by atoms with Gasteiger partial charge in [0, 0.05) is 0 Å². The first-order valence-corrected chi connectivity index (χ1v) is 8.70. The number of benzene rings is 2. The normalized spacial score (nSPS) is 11.9. The molecular weight excluding hydrogens is 314 g/mol. The van der Waals surface area contributed by atoms with Gasteiger partial charge in [-0.2, -0.15) is 0 Å². The van der Waals surface area contributed by atoms with Crippen LogP contribution in [0.25, 0.3) is 0 Å². The maximum Gasteiger partial charge on any atom is 0.260 e. The number of hydrogen-bond donors (Lipinski definition) is 1. The summed E-state index contributed by atoms with van der Waals surface area (Å²) in [4.78, 5) is 12.1. The molecule has 4 nitrogen and oxygen atoms in total. The van der Waals surface area contributed by atoms with E-state index in [-0.39, 0.29) is 5.91 Å². The fourth-order valence-corrected chi connectivity index (χ4v) is 2.51. The van der Waals surface area contributed by atoms with E-state index in [4.69, 9.17) is 9.47 Å². The Morgan fingerprint density at radius 1 is 1.08 bits per heavy atom. The van der Waals surface area contributed by atoms with Crippen LogP contribution in [0.2, 0.25) is 0 Å². The molecule has 134 valence electrons. The number of aryl methyl sites for hydroxylation is 1. The Morgan fingerprint density at radius 2 is 1.84 bits per heavy atom. The molecule has 1 unspecified atom stereocenters. The summed E-state index contributed by atoms with van der Waals surface area (Å²) in [6, 6.07) is 15.7. The second-order valence-electron chi connectivity index (χ2n) is 6.41. The van der Waals surface area contributed by atoms with E-state index in [0.717, 1.165) is 11.3 Å². The van der Waals surface area contributed by atoms with Gasteiger partial charge in [-0.25, -0.2) is 0 Å². The molecule has 0 aromatic heterocycles. The van der Waals surface area contributed by atoms with Crippen LogP contribution in [0, 0.1) is 6.92 Å². The summed E-state index contributed by atoms with van der Waals surface area (Å²) >= 11 is 0. The summed E-state index contributed by atoms with van der Waals surface area (Å²) < 4.78 is 11.5. The van der Waals surface area contributed by atoms with Gasteiger partial charge in [0.25, 0.3) is 5.91 Å². The van der Waals surface area contributed by atoms with E-state index in [9.17, 15) is 4.79 Å². The highest BCUT2D eigenvalue weighted by atomic mass is 16.5. The molecule has 0 radical (unpaired) electrons. The maximum atomic E-state index is 12.1. The van der Waals surface area contributed by atoms with Gasteiger partial charge in [0.2, 0.25) is 0 Å². The van der Waals surface area contributed by atoms with E-state index in [1.54, 1.807) is 6.92 Å². The van der Waals surface area contributed by atoms with E-state index in [0.29, 0.717) is 24.8 Å². The summed E-state index contributed by atoms with van der Waals surface area (Å²) in [7, 11) is 0. The standard InChI is InChI=1S/C21H27NO3/c1-15(2)19-10-5-6-11-20(19)24-13-12-22-21(23)17(4)25-18-9-7-8-16(3)14-18/h5-11,14-15,17H,12-13H2,1-4H3,(H,22,23). The smallest absolute Gasteiger partial charge is 0.260 e. The number of nitrogens with one attached hydrogen (secondary N) is 1. The largest absolute Gasteiger partial charge is 0.491 e. The third-order valence-electron chi connectivity index (χ3n) is 3.87. The number of hydrogen-bond acceptors (Lipinski definition) is 3. The Kier molecular flexibility index (Phi) is 6.87. The van der Waals surface area contributed by atoms with Gasteiger partial charge in [-0.3, -0.25) is 4.79 Å². The molecule has 2 aromatic carbocycles. The summed E-state index contributed by atoms with van der Waals surface area (Å²) in [6.45, 7) is 8.86. The van der Waals surface area contributed by atoms with Crippen molar-refractivity contribution in [3.05, 3.63) is 59.7 Å². The average molecular weight is 341 g/mol. The lowest BCUT2D eigenvalue weighted by atomic mass is 10.0. The summed E-state index contributed by atoms with van der Waals surface area (Å²) in [6.07, 6.45) is -0.551. The van der Waals surface area contributed by atoms with Crippen molar-refractivity contribution in [1.29, 1.82) is 0 Å². The molecule has 0 aliphatic carbocycles. The van der Waals surface area contributed by atoms with Crippen LogP contribution in [0.1, 0.15) is 37.8 Å². The topological polar surface area (TPSA) is 47.6 Å². The summed E-state index contributed by atoms with van der Waals surface area (Å²) in [5.41, 5.74) is 2.27. The van der Waals surface area contributed by atoms with Crippen molar-refractivity contribution in [3.63, 3.8) is 0 Å². The van der Waals surface area contributed by atoms with Gasteiger partial charge in [0.15, 0.2) is 6.10 Å². The second kappa shape index (κ2) is 9.11. The first-order valence-electron chi connectivity index (χ1n) is 8.70. The predicted molar refractivity (Wildman–Crippen MR) is 100 cm³/mol. The van der Waals surface area contributed by atoms with Crippen molar-refractivity contribution in [1.82, 2.24) is 5.32 Å². The first-order chi connectivity index (χ1) is 12.0. The molecule has 0 bridgehead atoms. The molecule has 0 saturated carbocycles. The summed E-state index contributed by atoms with van der Waals surface area (Å²) in [5, 5.41) is 2.85. The van der Waals surface area contributed by atoms with Gasteiger partial charge in [-0.15, -0.1) is 0 Å². The van der Waals surface area contributed by atoms with Gasteiger partial charge in [-0.1, -0.05) is 44.2 Å². The highest BCUT2D eigenvalue weighted by molar-refractivity contribution is 5.80. The zero-order valence-electron chi connectivity index (χ0n) is 15.4. The fraction of sp³-hybridized carbons (Fsp3) is 0.381. The Hall–Kier alpha value is -2.49. The van der Waals surface area contributed by atoms with Crippen molar-refractivity contribution in [2.45, 2.75) is 39.7 Å². The SMILES string of the molecule is Cc1cccc(OC(C)C(=O)NCCOc2ccccc2C(C)C)c1. The molecule has 0 heterocycles. The molecule has 0 aliphatic rings. The van der Waals surface area contributed by atoms with Crippen molar-refractivity contribution >= 4 is 5.91 Å².